The standard InChI is InChI=1S/C27H40O2S/c1-5-6-7-8-13-27(14-9-10-15-30-27)20-17-23(28)25-21-16-19(2)11-12-22(21)26(3,4)29-24(25)18-20/h11,17-18,21-22,28H,5-10,12-16H2,1-4H3/t21-,22-,27?/m1/s1. The van der Waals surface area contributed by atoms with Gasteiger partial charge in [-0.05, 0) is 76.3 Å². The van der Waals surface area contributed by atoms with E-state index in [1.54, 1.807) is 0 Å². The predicted molar refractivity (Wildman–Crippen MR) is 129 cm³/mol. The van der Waals surface area contributed by atoms with Gasteiger partial charge in [0.2, 0.25) is 0 Å². The van der Waals surface area contributed by atoms with E-state index in [2.05, 4.69) is 57.7 Å². The molecule has 1 aromatic rings. The van der Waals surface area contributed by atoms with Crippen LogP contribution in [0.1, 0.15) is 109 Å². The Morgan fingerprint density at radius 2 is 2.00 bits per heavy atom. The number of hydrogen-bond acceptors (Lipinski definition) is 3. The van der Waals surface area contributed by atoms with Crippen LogP contribution in [0.3, 0.4) is 0 Å². The first-order chi connectivity index (χ1) is 14.4. The van der Waals surface area contributed by atoms with Gasteiger partial charge in [-0.15, -0.1) is 0 Å². The highest BCUT2D eigenvalue weighted by Gasteiger charge is 2.46. The molecule has 2 nitrogen and oxygen atoms in total. The average molecular weight is 429 g/mol. The van der Waals surface area contributed by atoms with Crippen molar-refractivity contribution in [3.63, 3.8) is 0 Å². The van der Waals surface area contributed by atoms with E-state index in [0.29, 0.717) is 17.6 Å². The average Bonchev–Trinajstić information content (AvgIpc) is 2.71. The highest BCUT2D eigenvalue weighted by molar-refractivity contribution is 8.00. The normalized spacial score (nSPS) is 30.1. The van der Waals surface area contributed by atoms with E-state index >= 15 is 0 Å². The van der Waals surface area contributed by atoms with Gasteiger partial charge >= 0.3 is 0 Å². The molecule has 0 radical (unpaired) electrons. The molecule has 3 atom stereocenters. The molecule has 1 aromatic carbocycles. The number of fused-ring (bicyclic) bond motifs is 3. The van der Waals surface area contributed by atoms with Gasteiger partial charge in [0.1, 0.15) is 17.1 Å². The highest BCUT2D eigenvalue weighted by atomic mass is 32.2. The molecular formula is C27H40O2S. The van der Waals surface area contributed by atoms with E-state index in [1.807, 2.05) is 0 Å². The predicted octanol–water partition coefficient (Wildman–Crippen LogP) is 8.09. The molecule has 1 saturated heterocycles. The molecule has 1 unspecified atom stereocenters. The molecule has 0 aromatic heterocycles. The lowest BCUT2D eigenvalue weighted by molar-refractivity contribution is 0.00745. The van der Waals surface area contributed by atoms with Crippen LogP contribution in [-0.2, 0) is 4.75 Å². The van der Waals surface area contributed by atoms with Crippen molar-refractivity contribution in [1.82, 2.24) is 0 Å². The summed E-state index contributed by atoms with van der Waals surface area (Å²) in [5.74, 6) is 3.44. The van der Waals surface area contributed by atoms with Crippen LogP contribution in [0.25, 0.3) is 0 Å². The van der Waals surface area contributed by atoms with Crippen LogP contribution in [0.5, 0.6) is 11.5 Å². The number of allylic oxidation sites excluding steroid dienone is 2. The molecule has 2 aliphatic heterocycles. The van der Waals surface area contributed by atoms with Crippen LogP contribution in [0, 0.1) is 5.92 Å². The van der Waals surface area contributed by atoms with Gasteiger partial charge in [-0.1, -0.05) is 50.7 Å². The summed E-state index contributed by atoms with van der Waals surface area (Å²) in [6.07, 6.45) is 14.7. The number of hydrogen-bond donors (Lipinski definition) is 1. The second kappa shape index (κ2) is 8.81. The first kappa shape index (κ1) is 22.1. The fourth-order valence-corrected chi connectivity index (χ4v) is 7.69. The van der Waals surface area contributed by atoms with Gasteiger partial charge in [-0.3, -0.25) is 0 Å². The van der Waals surface area contributed by atoms with E-state index in [-0.39, 0.29) is 10.3 Å². The van der Waals surface area contributed by atoms with E-state index in [9.17, 15) is 5.11 Å². The first-order valence-electron chi connectivity index (χ1n) is 12.2. The molecule has 3 aliphatic rings. The second-order valence-corrected chi connectivity index (χ2v) is 11.9. The number of rotatable bonds is 6. The molecule has 2 heterocycles. The summed E-state index contributed by atoms with van der Waals surface area (Å²) in [7, 11) is 0. The first-order valence-corrected chi connectivity index (χ1v) is 13.2. The Kier molecular flexibility index (Phi) is 6.49. The molecule has 1 fully saturated rings. The molecule has 3 heteroatoms. The SMILES string of the molecule is CCCCCCC1(c2cc(O)c3c(c2)OC(C)(C)[C@@H]2CC=C(C)C[C@@H]32)CCCCS1. The molecule has 0 amide bonds. The number of phenolic OH excluding ortho intramolecular Hbond substituents is 1. The number of thioether (sulfide) groups is 1. The summed E-state index contributed by atoms with van der Waals surface area (Å²) >= 11 is 2.13. The van der Waals surface area contributed by atoms with Crippen molar-refractivity contribution in [2.45, 2.75) is 108 Å². The van der Waals surface area contributed by atoms with Crippen molar-refractivity contribution in [1.29, 1.82) is 0 Å². The molecule has 1 aliphatic carbocycles. The summed E-state index contributed by atoms with van der Waals surface area (Å²) in [5.41, 5.74) is 3.61. The van der Waals surface area contributed by atoms with Gasteiger partial charge in [0.15, 0.2) is 0 Å². The monoisotopic (exact) mass is 428 g/mol. The molecule has 30 heavy (non-hydrogen) atoms. The van der Waals surface area contributed by atoms with Crippen LogP contribution in [-0.4, -0.2) is 16.5 Å². The lowest BCUT2D eigenvalue weighted by Gasteiger charge is -2.47. The number of ether oxygens (including phenoxy) is 1. The van der Waals surface area contributed by atoms with Gasteiger partial charge in [-0.2, -0.15) is 11.8 Å². The summed E-state index contributed by atoms with van der Waals surface area (Å²) in [6, 6.07) is 4.43. The van der Waals surface area contributed by atoms with E-state index in [0.717, 1.165) is 24.2 Å². The largest absolute Gasteiger partial charge is 0.508 e. The molecule has 0 saturated carbocycles. The van der Waals surface area contributed by atoms with Crippen molar-refractivity contribution >= 4 is 11.8 Å². The minimum atomic E-state index is -0.200. The Morgan fingerprint density at radius 3 is 2.73 bits per heavy atom. The van der Waals surface area contributed by atoms with Gasteiger partial charge < -0.3 is 9.84 Å². The third-order valence-corrected chi connectivity index (χ3v) is 9.51. The molecule has 0 spiro atoms. The Hall–Kier alpha value is -1.09. The summed E-state index contributed by atoms with van der Waals surface area (Å²) < 4.78 is 6.77. The summed E-state index contributed by atoms with van der Waals surface area (Å²) in [4.78, 5) is 0. The molecular weight excluding hydrogens is 388 g/mol. The van der Waals surface area contributed by atoms with Crippen molar-refractivity contribution in [3.05, 3.63) is 34.9 Å². The summed E-state index contributed by atoms with van der Waals surface area (Å²) in [5, 5.41) is 11.3. The molecule has 0 bridgehead atoms. The van der Waals surface area contributed by atoms with Gasteiger partial charge in [0.25, 0.3) is 0 Å². The fraction of sp³-hybridized carbons (Fsp3) is 0.704. The van der Waals surface area contributed by atoms with Crippen molar-refractivity contribution < 1.29 is 9.84 Å². The minimum Gasteiger partial charge on any atom is -0.508 e. The van der Waals surface area contributed by atoms with Gasteiger partial charge in [0, 0.05) is 22.1 Å². The van der Waals surface area contributed by atoms with Gasteiger partial charge in [-0.25, -0.2) is 0 Å². The van der Waals surface area contributed by atoms with E-state index in [1.165, 1.54) is 68.3 Å². The number of aromatic hydroxyl groups is 1. The lowest BCUT2D eigenvalue weighted by Crippen LogP contribution is -2.45. The smallest absolute Gasteiger partial charge is 0.127 e. The van der Waals surface area contributed by atoms with Crippen LogP contribution in [0.4, 0.5) is 0 Å². The summed E-state index contributed by atoms with van der Waals surface area (Å²) in [6.45, 7) is 8.98. The maximum Gasteiger partial charge on any atom is 0.127 e. The van der Waals surface area contributed by atoms with Crippen molar-refractivity contribution in [3.8, 4) is 11.5 Å². The van der Waals surface area contributed by atoms with Crippen LogP contribution < -0.4 is 4.74 Å². The number of unbranched alkanes of at least 4 members (excludes halogenated alkanes) is 3. The second-order valence-electron chi connectivity index (χ2n) is 10.4. The highest BCUT2D eigenvalue weighted by Crippen LogP contribution is 2.57. The third-order valence-electron chi connectivity index (χ3n) is 7.82. The quantitative estimate of drug-likeness (QED) is 0.367. The Balaban J connectivity index is 1.71. The van der Waals surface area contributed by atoms with Gasteiger partial charge in [0.05, 0.1) is 0 Å². The van der Waals surface area contributed by atoms with E-state index < -0.39 is 0 Å². The Labute approximate surface area is 187 Å². The number of phenols is 1. The maximum absolute atomic E-state index is 11.3. The number of benzene rings is 1. The van der Waals surface area contributed by atoms with Crippen molar-refractivity contribution in [2.75, 3.05) is 5.75 Å². The zero-order valence-corrected chi connectivity index (χ0v) is 20.2. The van der Waals surface area contributed by atoms with E-state index in [4.69, 9.17) is 4.74 Å². The lowest BCUT2D eigenvalue weighted by atomic mass is 9.67. The fourth-order valence-electron chi connectivity index (χ4n) is 6.09. The maximum atomic E-state index is 11.3. The molecule has 166 valence electrons. The topological polar surface area (TPSA) is 29.5 Å². The minimum absolute atomic E-state index is 0.144. The molecule has 1 N–H and O–H groups in total. The van der Waals surface area contributed by atoms with Crippen LogP contribution >= 0.6 is 11.8 Å². The zero-order valence-electron chi connectivity index (χ0n) is 19.4. The Morgan fingerprint density at radius 1 is 1.17 bits per heavy atom. The van der Waals surface area contributed by atoms with Crippen molar-refractivity contribution in [2.24, 2.45) is 5.92 Å². The zero-order chi connectivity index (χ0) is 21.4. The Bertz CT molecular complexity index is 788. The van der Waals surface area contributed by atoms with Crippen LogP contribution in [0.2, 0.25) is 0 Å². The molecule has 4 rings (SSSR count). The third kappa shape index (κ3) is 4.16. The van der Waals surface area contributed by atoms with Crippen LogP contribution in [0.15, 0.2) is 23.8 Å².